The van der Waals surface area contributed by atoms with Gasteiger partial charge in [0, 0.05) is 29.9 Å². The lowest BCUT2D eigenvalue weighted by atomic mass is 10.2. The highest BCUT2D eigenvalue weighted by Crippen LogP contribution is 2.33. The number of methoxy groups -OCH3 is 1. The second-order valence-corrected chi connectivity index (χ2v) is 7.70. The standard InChI is InChI=1S/C11H12BrCl2NO4S/c1-6(19-2)5-15-11(16)7-3-8(13)10(12)9(4-7)20(14,17)18/h3-4,6H,5H2,1-2H3,(H,15,16). The highest BCUT2D eigenvalue weighted by Gasteiger charge is 2.20. The third-order valence-corrected chi connectivity index (χ3v) is 5.46. The van der Waals surface area contributed by atoms with Gasteiger partial charge < -0.3 is 10.1 Å². The first kappa shape index (κ1) is 17.7. The fourth-order valence-corrected chi connectivity index (χ4v) is 3.67. The Morgan fingerprint density at radius 2 is 2.10 bits per heavy atom. The molecule has 0 aliphatic rings. The molecular weight excluding hydrogens is 393 g/mol. The Balaban J connectivity index is 3.09. The van der Waals surface area contributed by atoms with Crippen molar-refractivity contribution < 1.29 is 17.9 Å². The van der Waals surface area contributed by atoms with E-state index in [1.165, 1.54) is 13.2 Å². The van der Waals surface area contributed by atoms with E-state index in [0.29, 0.717) is 0 Å². The van der Waals surface area contributed by atoms with Crippen molar-refractivity contribution in [3.05, 3.63) is 27.2 Å². The van der Waals surface area contributed by atoms with E-state index in [1.807, 2.05) is 0 Å². The Hall–Kier alpha value is -0.340. The minimum absolute atomic E-state index is 0.0802. The molecule has 0 heterocycles. The van der Waals surface area contributed by atoms with Crippen LogP contribution in [0.2, 0.25) is 5.02 Å². The zero-order valence-corrected chi connectivity index (χ0v) is 14.5. The summed E-state index contributed by atoms with van der Waals surface area (Å²) in [5.74, 6) is -0.468. The summed E-state index contributed by atoms with van der Waals surface area (Å²) in [4.78, 5) is 11.7. The molecule has 0 fully saturated rings. The zero-order chi connectivity index (χ0) is 15.5. The monoisotopic (exact) mass is 403 g/mol. The quantitative estimate of drug-likeness (QED) is 0.765. The van der Waals surface area contributed by atoms with Crippen molar-refractivity contribution in [1.82, 2.24) is 5.32 Å². The van der Waals surface area contributed by atoms with Crippen LogP contribution in [0.25, 0.3) is 0 Å². The first-order valence-electron chi connectivity index (χ1n) is 5.41. The summed E-state index contributed by atoms with van der Waals surface area (Å²) in [6.07, 6.45) is -0.166. The average molecular weight is 405 g/mol. The summed E-state index contributed by atoms with van der Waals surface area (Å²) in [6, 6.07) is 2.51. The minimum Gasteiger partial charge on any atom is -0.380 e. The molecule has 0 bridgehead atoms. The number of hydrogen-bond donors (Lipinski definition) is 1. The molecule has 9 heteroatoms. The number of amides is 1. The van der Waals surface area contributed by atoms with E-state index in [-0.39, 0.29) is 32.6 Å². The smallest absolute Gasteiger partial charge is 0.262 e. The van der Waals surface area contributed by atoms with Gasteiger partial charge in [0.2, 0.25) is 0 Å². The van der Waals surface area contributed by atoms with Crippen LogP contribution >= 0.6 is 38.2 Å². The van der Waals surface area contributed by atoms with Crippen LogP contribution in [-0.2, 0) is 13.8 Å². The van der Waals surface area contributed by atoms with Crippen LogP contribution in [0.15, 0.2) is 21.5 Å². The highest BCUT2D eigenvalue weighted by molar-refractivity contribution is 9.10. The number of ether oxygens (including phenoxy) is 1. The number of carbonyl (C=O) groups excluding carboxylic acids is 1. The van der Waals surface area contributed by atoms with Gasteiger partial charge in [-0.3, -0.25) is 4.79 Å². The molecule has 20 heavy (non-hydrogen) atoms. The molecule has 0 saturated carbocycles. The largest absolute Gasteiger partial charge is 0.380 e. The van der Waals surface area contributed by atoms with Crippen LogP contribution in [0.5, 0.6) is 0 Å². The molecule has 1 aromatic carbocycles. The van der Waals surface area contributed by atoms with Crippen LogP contribution in [0.1, 0.15) is 17.3 Å². The summed E-state index contributed by atoms with van der Waals surface area (Å²) >= 11 is 8.91. The predicted molar refractivity (Wildman–Crippen MR) is 81.0 cm³/mol. The van der Waals surface area contributed by atoms with E-state index < -0.39 is 15.0 Å². The van der Waals surface area contributed by atoms with Crippen LogP contribution in [0.3, 0.4) is 0 Å². The average Bonchev–Trinajstić information content (AvgIpc) is 2.36. The SMILES string of the molecule is COC(C)CNC(=O)c1cc(Cl)c(Br)c(S(=O)(=O)Cl)c1. The maximum Gasteiger partial charge on any atom is 0.262 e. The van der Waals surface area contributed by atoms with Gasteiger partial charge in [-0.05, 0) is 35.0 Å². The number of hydrogen-bond acceptors (Lipinski definition) is 4. The van der Waals surface area contributed by atoms with Crippen molar-refractivity contribution in [3.63, 3.8) is 0 Å². The fraction of sp³-hybridized carbons (Fsp3) is 0.364. The molecule has 112 valence electrons. The van der Waals surface area contributed by atoms with E-state index >= 15 is 0 Å². The summed E-state index contributed by atoms with van der Waals surface area (Å²) < 4.78 is 27.9. The second kappa shape index (κ2) is 7.09. The minimum atomic E-state index is -4.01. The Kier molecular flexibility index (Phi) is 6.27. The highest BCUT2D eigenvalue weighted by atomic mass is 79.9. The maximum atomic E-state index is 11.9. The molecule has 0 spiro atoms. The van der Waals surface area contributed by atoms with Crippen LogP contribution in [0, 0.1) is 0 Å². The zero-order valence-electron chi connectivity index (χ0n) is 10.6. The third kappa shape index (κ3) is 4.60. The summed E-state index contributed by atoms with van der Waals surface area (Å²) in [5.41, 5.74) is 0.0979. The Morgan fingerprint density at radius 1 is 1.50 bits per heavy atom. The van der Waals surface area contributed by atoms with Crippen molar-refractivity contribution in [2.75, 3.05) is 13.7 Å². The second-order valence-electron chi connectivity index (χ2n) is 3.96. The molecule has 1 atom stereocenters. The lowest BCUT2D eigenvalue weighted by molar-refractivity contribution is 0.0870. The van der Waals surface area contributed by atoms with Crippen molar-refractivity contribution in [2.24, 2.45) is 0 Å². The van der Waals surface area contributed by atoms with Gasteiger partial charge in [-0.1, -0.05) is 11.6 Å². The molecule has 0 aliphatic heterocycles. The molecule has 1 amide bonds. The van der Waals surface area contributed by atoms with Gasteiger partial charge in [0.05, 0.1) is 20.5 Å². The summed E-state index contributed by atoms with van der Waals surface area (Å²) in [7, 11) is 2.80. The van der Waals surface area contributed by atoms with Crippen molar-refractivity contribution in [1.29, 1.82) is 0 Å². The molecule has 0 aromatic heterocycles. The molecule has 0 radical (unpaired) electrons. The van der Waals surface area contributed by atoms with E-state index in [4.69, 9.17) is 27.0 Å². The van der Waals surface area contributed by atoms with Gasteiger partial charge in [0.25, 0.3) is 15.0 Å². The number of carbonyl (C=O) groups is 1. The summed E-state index contributed by atoms with van der Waals surface area (Å²) in [5, 5.41) is 2.68. The van der Waals surface area contributed by atoms with Gasteiger partial charge in [-0.15, -0.1) is 0 Å². The fourth-order valence-electron chi connectivity index (χ4n) is 1.29. The first-order valence-corrected chi connectivity index (χ1v) is 8.89. The molecule has 0 saturated heterocycles. The third-order valence-electron chi connectivity index (χ3n) is 2.47. The molecule has 0 aliphatic carbocycles. The molecule has 1 aromatic rings. The van der Waals surface area contributed by atoms with Crippen LogP contribution < -0.4 is 5.32 Å². The number of nitrogens with one attached hydrogen (secondary N) is 1. The van der Waals surface area contributed by atoms with Crippen molar-refractivity contribution >= 4 is 53.2 Å². The first-order chi connectivity index (χ1) is 9.16. The van der Waals surface area contributed by atoms with Gasteiger partial charge in [-0.25, -0.2) is 8.42 Å². The Bertz CT molecular complexity index is 621. The van der Waals surface area contributed by atoms with Crippen LogP contribution in [0.4, 0.5) is 0 Å². The van der Waals surface area contributed by atoms with Crippen LogP contribution in [-0.4, -0.2) is 34.1 Å². The van der Waals surface area contributed by atoms with Crippen molar-refractivity contribution in [2.45, 2.75) is 17.9 Å². The van der Waals surface area contributed by atoms with E-state index in [2.05, 4.69) is 21.2 Å². The topological polar surface area (TPSA) is 72.5 Å². The number of benzene rings is 1. The molecule has 1 N–H and O–H groups in total. The lowest BCUT2D eigenvalue weighted by Gasteiger charge is -2.12. The molecule has 1 unspecified atom stereocenters. The summed E-state index contributed by atoms with van der Waals surface area (Å²) in [6.45, 7) is 2.06. The van der Waals surface area contributed by atoms with E-state index in [0.717, 1.165) is 6.07 Å². The normalized spacial score (nSPS) is 13.1. The Labute approximate surface area is 135 Å². The van der Waals surface area contributed by atoms with Crippen molar-refractivity contribution in [3.8, 4) is 0 Å². The predicted octanol–water partition coefficient (Wildman–Crippen LogP) is 2.79. The lowest BCUT2D eigenvalue weighted by Crippen LogP contribution is -2.31. The van der Waals surface area contributed by atoms with Gasteiger partial charge in [-0.2, -0.15) is 0 Å². The number of halogens is 3. The van der Waals surface area contributed by atoms with Gasteiger partial charge in [0.15, 0.2) is 0 Å². The maximum absolute atomic E-state index is 11.9. The molecule has 5 nitrogen and oxygen atoms in total. The Morgan fingerprint density at radius 3 is 2.60 bits per heavy atom. The molecule has 1 rings (SSSR count). The molecular formula is C11H12BrCl2NO4S. The van der Waals surface area contributed by atoms with E-state index in [1.54, 1.807) is 6.92 Å². The van der Waals surface area contributed by atoms with Gasteiger partial charge in [0.1, 0.15) is 0 Å². The number of rotatable bonds is 5. The van der Waals surface area contributed by atoms with E-state index in [9.17, 15) is 13.2 Å². The van der Waals surface area contributed by atoms with Gasteiger partial charge >= 0.3 is 0 Å².